The molecule has 3 N–H and O–H groups in total. The van der Waals surface area contributed by atoms with Gasteiger partial charge in [-0.25, -0.2) is 12.7 Å². The van der Waals surface area contributed by atoms with E-state index in [4.69, 9.17) is 5.73 Å². The zero-order valence-corrected chi connectivity index (χ0v) is 14.0. The highest BCUT2D eigenvalue weighted by atomic mass is 32.2. The number of aromatic nitrogens is 1. The third kappa shape index (κ3) is 3.84. The van der Waals surface area contributed by atoms with E-state index >= 15 is 0 Å². The summed E-state index contributed by atoms with van der Waals surface area (Å²) in [6.45, 7) is 4.49. The lowest BCUT2D eigenvalue weighted by molar-refractivity contribution is 0.0955. The van der Waals surface area contributed by atoms with Crippen LogP contribution < -0.4 is 11.1 Å². The third-order valence-electron chi connectivity index (χ3n) is 3.35. The van der Waals surface area contributed by atoms with Crippen LogP contribution in [0.15, 0.2) is 17.2 Å². The molecule has 0 spiro atoms. The normalized spacial score (nSPS) is 12.7. The number of aryl methyl sites for hydroxylation is 1. The van der Waals surface area contributed by atoms with Crippen LogP contribution in [0.25, 0.3) is 0 Å². The van der Waals surface area contributed by atoms with E-state index in [9.17, 15) is 13.2 Å². The first-order chi connectivity index (χ1) is 9.55. The number of amides is 1. The molecule has 0 aliphatic heterocycles. The second kappa shape index (κ2) is 6.17. The zero-order chi connectivity index (χ0) is 16.4. The second-order valence-corrected chi connectivity index (χ2v) is 7.93. The Morgan fingerprint density at radius 2 is 2.05 bits per heavy atom. The van der Waals surface area contributed by atoms with Gasteiger partial charge in [0.05, 0.1) is 0 Å². The highest BCUT2D eigenvalue weighted by molar-refractivity contribution is 7.89. The minimum absolute atomic E-state index is 0.0962. The molecule has 0 aliphatic carbocycles. The fraction of sp³-hybridized carbons (Fsp3) is 0.615. The molecule has 21 heavy (non-hydrogen) atoms. The Morgan fingerprint density at radius 3 is 2.52 bits per heavy atom. The highest BCUT2D eigenvalue weighted by Crippen LogP contribution is 2.22. The molecule has 8 heteroatoms. The quantitative estimate of drug-likeness (QED) is 0.771. The number of rotatable bonds is 6. The molecule has 1 amide bonds. The maximum Gasteiger partial charge on any atom is 0.267 e. The first kappa shape index (κ1) is 17.7. The van der Waals surface area contributed by atoms with Crippen LogP contribution in [0.1, 0.15) is 24.3 Å². The zero-order valence-electron chi connectivity index (χ0n) is 13.2. The Balaban J connectivity index is 3.11. The largest absolute Gasteiger partial charge is 0.354 e. The fourth-order valence-electron chi connectivity index (χ4n) is 1.96. The molecule has 1 aromatic rings. The molecular weight excluding hydrogens is 292 g/mol. The number of hydrogen-bond acceptors (Lipinski definition) is 4. The molecule has 7 nitrogen and oxygen atoms in total. The molecule has 0 aliphatic rings. The summed E-state index contributed by atoms with van der Waals surface area (Å²) in [7, 11) is 0.996. The summed E-state index contributed by atoms with van der Waals surface area (Å²) >= 11 is 0. The van der Waals surface area contributed by atoms with Crippen LogP contribution in [0.2, 0.25) is 0 Å². The summed E-state index contributed by atoms with van der Waals surface area (Å²) in [4.78, 5) is 11.8. The van der Waals surface area contributed by atoms with Crippen molar-refractivity contribution in [1.82, 2.24) is 14.2 Å². The van der Waals surface area contributed by atoms with E-state index in [1.807, 2.05) is 13.8 Å². The van der Waals surface area contributed by atoms with Gasteiger partial charge in [0.25, 0.3) is 5.91 Å². The van der Waals surface area contributed by atoms with Crippen molar-refractivity contribution in [3.63, 3.8) is 0 Å². The summed E-state index contributed by atoms with van der Waals surface area (Å²) < 4.78 is 27.8. The van der Waals surface area contributed by atoms with Crippen LogP contribution in [-0.2, 0) is 17.1 Å². The molecule has 0 atom stereocenters. The molecular formula is C13H24N4O3S. The number of sulfonamides is 1. The van der Waals surface area contributed by atoms with Crippen molar-refractivity contribution < 1.29 is 13.2 Å². The maximum atomic E-state index is 12.5. The molecule has 120 valence electrons. The molecule has 0 saturated heterocycles. The van der Waals surface area contributed by atoms with Gasteiger partial charge < -0.3 is 15.6 Å². The minimum atomic E-state index is -3.65. The van der Waals surface area contributed by atoms with Gasteiger partial charge in [-0.05, 0) is 18.0 Å². The Hall–Kier alpha value is -1.38. The Morgan fingerprint density at radius 1 is 1.48 bits per heavy atom. The lowest BCUT2D eigenvalue weighted by atomic mass is 9.94. The van der Waals surface area contributed by atoms with Gasteiger partial charge in [0.1, 0.15) is 10.6 Å². The van der Waals surface area contributed by atoms with Crippen LogP contribution in [0.4, 0.5) is 0 Å². The molecule has 1 rings (SSSR count). The molecule has 0 bridgehead atoms. The monoisotopic (exact) mass is 316 g/mol. The second-order valence-electron chi connectivity index (χ2n) is 5.88. The van der Waals surface area contributed by atoms with Crippen LogP contribution in [0.3, 0.4) is 0 Å². The molecule has 0 radical (unpaired) electrons. The summed E-state index contributed by atoms with van der Waals surface area (Å²) in [5.41, 5.74) is 5.62. The van der Waals surface area contributed by atoms with Gasteiger partial charge in [0.15, 0.2) is 0 Å². The van der Waals surface area contributed by atoms with E-state index in [-0.39, 0.29) is 16.2 Å². The Kier molecular flexibility index (Phi) is 5.19. The first-order valence-corrected chi connectivity index (χ1v) is 8.04. The highest BCUT2D eigenvalue weighted by Gasteiger charge is 2.29. The van der Waals surface area contributed by atoms with Gasteiger partial charge in [-0.15, -0.1) is 0 Å². The van der Waals surface area contributed by atoms with E-state index in [0.717, 1.165) is 0 Å². The number of carbonyl (C=O) groups is 1. The van der Waals surface area contributed by atoms with Crippen molar-refractivity contribution in [3.8, 4) is 0 Å². The number of hydrogen-bond donors (Lipinski definition) is 2. The van der Waals surface area contributed by atoms with E-state index in [1.165, 1.54) is 35.2 Å². The van der Waals surface area contributed by atoms with Gasteiger partial charge in [0, 0.05) is 33.9 Å². The van der Waals surface area contributed by atoms with Gasteiger partial charge in [-0.2, -0.15) is 0 Å². The maximum absolute atomic E-state index is 12.5. The van der Waals surface area contributed by atoms with E-state index in [1.54, 1.807) is 7.05 Å². The lowest BCUT2D eigenvalue weighted by Crippen LogP contribution is -2.39. The fourth-order valence-corrected chi connectivity index (χ4v) is 3.39. The predicted molar refractivity (Wildman–Crippen MR) is 81.5 cm³/mol. The summed E-state index contributed by atoms with van der Waals surface area (Å²) in [5.74, 6) is -0.330. The van der Waals surface area contributed by atoms with Crippen molar-refractivity contribution in [2.75, 3.05) is 27.2 Å². The SMILES string of the molecule is CNC(=O)c1cc(S(=O)(=O)N(C)CC(C)(C)CN)cn1C. The molecule has 0 aromatic carbocycles. The standard InChI is InChI=1S/C13H24N4O3S/c1-13(2,8-14)9-17(5)21(19,20)10-6-11(12(18)15-3)16(4)7-10/h6-7H,8-9,14H2,1-5H3,(H,15,18). The van der Waals surface area contributed by atoms with Gasteiger partial charge >= 0.3 is 0 Å². The van der Waals surface area contributed by atoms with Gasteiger partial charge in [0.2, 0.25) is 10.0 Å². The number of nitrogens with one attached hydrogen (secondary N) is 1. The molecule has 0 saturated carbocycles. The molecule has 0 fully saturated rings. The molecule has 1 aromatic heterocycles. The van der Waals surface area contributed by atoms with E-state index in [2.05, 4.69) is 5.32 Å². The number of carbonyl (C=O) groups excluding carboxylic acids is 1. The van der Waals surface area contributed by atoms with Gasteiger partial charge in [-0.3, -0.25) is 4.79 Å². The van der Waals surface area contributed by atoms with Gasteiger partial charge in [-0.1, -0.05) is 13.8 Å². The average molecular weight is 316 g/mol. The van der Waals surface area contributed by atoms with Crippen LogP contribution in [-0.4, -0.2) is 50.4 Å². The predicted octanol–water partition coefficient (Wildman–Crippen LogP) is -0.00990. The van der Waals surface area contributed by atoms with Crippen molar-refractivity contribution in [3.05, 3.63) is 18.0 Å². The summed E-state index contributed by atoms with van der Waals surface area (Å²) in [6, 6.07) is 1.38. The Bertz CT molecular complexity index is 619. The van der Waals surface area contributed by atoms with Crippen molar-refractivity contribution in [2.45, 2.75) is 18.7 Å². The van der Waals surface area contributed by atoms with Crippen LogP contribution in [0, 0.1) is 5.41 Å². The van der Waals surface area contributed by atoms with Crippen molar-refractivity contribution in [2.24, 2.45) is 18.2 Å². The van der Waals surface area contributed by atoms with Crippen LogP contribution in [0.5, 0.6) is 0 Å². The van der Waals surface area contributed by atoms with Crippen molar-refractivity contribution >= 4 is 15.9 Å². The van der Waals surface area contributed by atoms with E-state index < -0.39 is 10.0 Å². The first-order valence-electron chi connectivity index (χ1n) is 6.60. The smallest absolute Gasteiger partial charge is 0.267 e. The third-order valence-corrected chi connectivity index (χ3v) is 5.12. The molecule has 1 heterocycles. The minimum Gasteiger partial charge on any atom is -0.354 e. The summed E-state index contributed by atoms with van der Waals surface area (Å²) in [6.07, 6.45) is 1.44. The summed E-state index contributed by atoms with van der Waals surface area (Å²) in [5, 5.41) is 2.48. The topological polar surface area (TPSA) is 97.4 Å². The van der Waals surface area contributed by atoms with Crippen molar-refractivity contribution in [1.29, 1.82) is 0 Å². The number of nitrogens with zero attached hydrogens (tertiary/aromatic N) is 2. The Labute approximate surface area is 126 Å². The lowest BCUT2D eigenvalue weighted by Gasteiger charge is -2.28. The molecule has 0 unspecified atom stereocenters. The average Bonchev–Trinajstić information content (AvgIpc) is 2.80. The van der Waals surface area contributed by atoms with Crippen LogP contribution >= 0.6 is 0 Å². The van der Waals surface area contributed by atoms with E-state index in [0.29, 0.717) is 18.8 Å². The number of nitrogens with two attached hydrogens (primary N) is 1.